The second-order valence-corrected chi connectivity index (χ2v) is 8.06. The quantitative estimate of drug-likeness (QED) is 0.408. The van der Waals surface area contributed by atoms with Crippen molar-refractivity contribution < 1.29 is 38.0 Å². The first-order valence-corrected chi connectivity index (χ1v) is 10.6. The maximum Gasteiger partial charge on any atom is 0.270 e. The van der Waals surface area contributed by atoms with E-state index in [2.05, 4.69) is 0 Å². The van der Waals surface area contributed by atoms with Crippen LogP contribution < -0.4 is 19.1 Å². The molecule has 2 aromatic carbocycles. The minimum absolute atomic E-state index is 0.0157. The number of anilines is 1. The SMILES string of the molecule is O=C1c2ccc(OCC3CO3)c(OCC3CO3)c2C(=O)N1c1cccc(OCC2CO2)c1. The summed E-state index contributed by atoms with van der Waals surface area (Å²) in [7, 11) is 0. The summed E-state index contributed by atoms with van der Waals surface area (Å²) in [5, 5.41) is 0. The van der Waals surface area contributed by atoms with Crippen LogP contribution in [0.5, 0.6) is 17.2 Å². The lowest BCUT2D eigenvalue weighted by Gasteiger charge is -2.16. The Bertz CT molecular complexity index is 1070. The van der Waals surface area contributed by atoms with Gasteiger partial charge in [-0.2, -0.15) is 0 Å². The average molecular weight is 439 g/mol. The van der Waals surface area contributed by atoms with E-state index in [1.165, 1.54) is 0 Å². The summed E-state index contributed by atoms with van der Waals surface area (Å²) in [5.74, 6) is 0.345. The highest BCUT2D eigenvalue weighted by molar-refractivity contribution is 6.35. The zero-order valence-corrected chi connectivity index (χ0v) is 17.2. The molecule has 9 heteroatoms. The lowest BCUT2D eigenvalue weighted by Crippen LogP contribution is -2.29. The number of hydrogen-bond donors (Lipinski definition) is 0. The van der Waals surface area contributed by atoms with Crippen LogP contribution in [0.1, 0.15) is 20.7 Å². The fourth-order valence-electron chi connectivity index (χ4n) is 3.52. The van der Waals surface area contributed by atoms with Gasteiger partial charge in [0.05, 0.1) is 36.6 Å². The Labute approximate surface area is 183 Å². The summed E-state index contributed by atoms with van der Waals surface area (Å²) in [6, 6.07) is 10.2. The van der Waals surface area contributed by atoms with Gasteiger partial charge in [-0.1, -0.05) is 6.07 Å². The van der Waals surface area contributed by atoms with E-state index in [0.717, 1.165) is 4.90 Å². The van der Waals surface area contributed by atoms with Crippen LogP contribution in [0.2, 0.25) is 0 Å². The number of benzene rings is 2. The molecule has 2 amide bonds. The summed E-state index contributed by atoms with van der Waals surface area (Å²) in [6.45, 7) is 3.00. The molecule has 166 valence electrons. The molecule has 4 aliphatic rings. The van der Waals surface area contributed by atoms with Gasteiger partial charge in [0.25, 0.3) is 11.8 Å². The van der Waals surface area contributed by atoms with Crippen molar-refractivity contribution in [2.75, 3.05) is 44.5 Å². The molecule has 0 aliphatic carbocycles. The number of imide groups is 1. The van der Waals surface area contributed by atoms with Crippen LogP contribution in [0.25, 0.3) is 0 Å². The summed E-state index contributed by atoms with van der Waals surface area (Å²) in [4.78, 5) is 27.8. The van der Waals surface area contributed by atoms with E-state index in [1.54, 1.807) is 36.4 Å². The molecule has 0 aromatic heterocycles. The largest absolute Gasteiger partial charge is 0.491 e. The first-order valence-electron chi connectivity index (χ1n) is 10.6. The molecule has 0 spiro atoms. The number of carbonyl (C=O) groups excluding carboxylic acids is 2. The number of fused-ring (bicyclic) bond motifs is 1. The first kappa shape index (κ1) is 19.5. The Hall–Kier alpha value is -3.14. The van der Waals surface area contributed by atoms with Crippen molar-refractivity contribution in [2.24, 2.45) is 0 Å². The Morgan fingerprint density at radius 1 is 0.812 bits per heavy atom. The predicted octanol–water partition coefficient (Wildman–Crippen LogP) is 1.82. The van der Waals surface area contributed by atoms with E-state index in [1.807, 2.05) is 0 Å². The van der Waals surface area contributed by atoms with Crippen molar-refractivity contribution in [1.29, 1.82) is 0 Å². The Morgan fingerprint density at radius 3 is 2.16 bits per heavy atom. The molecule has 3 atom stereocenters. The van der Waals surface area contributed by atoms with E-state index in [9.17, 15) is 9.59 Å². The molecule has 2 aromatic rings. The standard InChI is InChI=1S/C23H21NO8/c25-22-18-4-5-19(31-11-16-9-29-16)21(32-12-17-10-30-17)20(18)23(26)24(22)13-2-1-3-14(6-13)27-7-15-8-28-15/h1-6,15-17H,7-12H2. The van der Waals surface area contributed by atoms with Crippen LogP contribution >= 0.6 is 0 Å². The minimum Gasteiger partial charge on any atom is -0.491 e. The molecule has 3 unspecified atom stereocenters. The summed E-state index contributed by atoms with van der Waals surface area (Å²) >= 11 is 0. The van der Waals surface area contributed by atoms with E-state index in [4.69, 9.17) is 28.4 Å². The van der Waals surface area contributed by atoms with Crippen LogP contribution in [-0.2, 0) is 14.2 Å². The van der Waals surface area contributed by atoms with Crippen LogP contribution in [0, 0.1) is 0 Å². The normalized spacial score (nSPS) is 24.9. The van der Waals surface area contributed by atoms with Crippen molar-refractivity contribution in [3.05, 3.63) is 47.5 Å². The molecule has 0 N–H and O–H groups in total. The third kappa shape index (κ3) is 3.90. The second kappa shape index (κ2) is 7.77. The van der Waals surface area contributed by atoms with Gasteiger partial charge in [-0.15, -0.1) is 0 Å². The lowest BCUT2D eigenvalue weighted by molar-refractivity contribution is 0.0924. The number of nitrogens with zero attached hydrogens (tertiary/aromatic N) is 1. The Kier molecular flexibility index (Phi) is 4.74. The Morgan fingerprint density at radius 2 is 1.47 bits per heavy atom. The lowest BCUT2D eigenvalue weighted by atomic mass is 10.1. The number of ether oxygens (including phenoxy) is 6. The smallest absolute Gasteiger partial charge is 0.270 e. The summed E-state index contributed by atoms with van der Waals surface area (Å²) < 4.78 is 33.1. The summed E-state index contributed by atoms with van der Waals surface area (Å²) in [6.07, 6.45) is 0.131. The predicted molar refractivity (Wildman–Crippen MR) is 110 cm³/mol. The molecular weight excluding hydrogens is 418 g/mol. The average Bonchev–Trinajstić information content (AvgIpc) is 3.67. The molecule has 32 heavy (non-hydrogen) atoms. The van der Waals surface area contributed by atoms with Crippen molar-refractivity contribution in [3.63, 3.8) is 0 Å². The highest BCUT2D eigenvalue weighted by atomic mass is 16.6. The maximum atomic E-state index is 13.4. The topological polar surface area (TPSA) is 103 Å². The molecule has 3 saturated heterocycles. The van der Waals surface area contributed by atoms with Crippen molar-refractivity contribution >= 4 is 17.5 Å². The van der Waals surface area contributed by atoms with Gasteiger partial charge in [0, 0.05) is 6.07 Å². The minimum atomic E-state index is -0.465. The van der Waals surface area contributed by atoms with Crippen LogP contribution in [0.4, 0.5) is 5.69 Å². The van der Waals surface area contributed by atoms with E-state index in [0.29, 0.717) is 50.2 Å². The van der Waals surface area contributed by atoms with Gasteiger partial charge < -0.3 is 28.4 Å². The molecular formula is C23H21NO8. The van der Waals surface area contributed by atoms with Gasteiger partial charge in [-0.05, 0) is 24.3 Å². The van der Waals surface area contributed by atoms with Gasteiger partial charge in [0.2, 0.25) is 0 Å². The Balaban J connectivity index is 1.30. The molecule has 6 rings (SSSR count). The van der Waals surface area contributed by atoms with Gasteiger partial charge >= 0.3 is 0 Å². The summed E-state index contributed by atoms with van der Waals surface area (Å²) in [5.41, 5.74) is 0.896. The molecule has 4 heterocycles. The van der Waals surface area contributed by atoms with E-state index < -0.39 is 11.8 Å². The van der Waals surface area contributed by atoms with Gasteiger partial charge in [0.1, 0.15) is 43.9 Å². The molecule has 3 fully saturated rings. The van der Waals surface area contributed by atoms with Crippen LogP contribution in [0.15, 0.2) is 36.4 Å². The molecule has 0 radical (unpaired) electrons. The third-order valence-corrected chi connectivity index (χ3v) is 5.53. The number of amides is 2. The van der Waals surface area contributed by atoms with Gasteiger partial charge in [0.15, 0.2) is 11.5 Å². The van der Waals surface area contributed by atoms with E-state index in [-0.39, 0.29) is 41.8 Å². The number of rotatable bonds is 10. The van der Waals surface area contributed by atoms with Crippen LogP contribution in [0.3, 0.4) is 0 Å². The van der Waals surface area contributed by atoms with Crippen molar-refractivity contribution in [2.45, 2.75) is 18.3 Å². The number of carbonyl (C=O) groups is 2. The number of epoxide rings is 3. The fraction of sp³-hybridized carbons (Fsp3) is 0.391. The third-order valence-electron chi connectivity index (χ3n) is 5.53. The monoisotopic (exact) mass is 439 g/mol. The maximum absolute atomic E-state index is 13.4. The molecule has 0 bridgehead atoms. The highest BCUT2D eigenvalue weighted by Gasteiger charge is 2.41. The van der Waals surface area contributed by atoms with Crippen LogP contribution in [-0.4, -0.2) is 69.8 Å². The van der Waals surface area contributed by atoms with Crippen molar-refractivity contribution in [1.82, 2.24) is 0 Å². The fourth-order valence-corrected chi connectivity index (χ4v) is 3.52. The highest BCUT2D eigenvalue weighted by Crippen LogP contribution is 2.41. The number of hydrogen-bond acceptors (Lipinski definition) is 8. The zero-order valence-electron chi connectivity index (χ0n) is 17.2. The molecule has 0 saturated carbocycles. The van der Waals surface area contributed by atoms with Crippen molar-refractivity contribution in [3.8, 4) is 17.2 Å². The molecule has 4 aliphatic heterocycles. The zero-order chi connectivity index (χ0) is 21.7. The van der Waals surface area contributed by atoms with E-state index >= 15 is 0 Å². The van der Waals surface area contributed by atoms with Gasteiger partial charge in [-0.25, -0.2) is 4.90 Å². The van der Waals surface area contributed by atoms with Gasteiger partial charge in [-0.3, -0.25) is 9.59 Å². The first-order chi connectivity index (χ1) is 15.7. The molecule has 9 nitrogen and oxygen atoms in total. The second-order valence-electron chi connectivity index (χ2n) is 8.06.